The van der Waals surface area contributed by atoms with E-state index in [1.165, 1.54) is 6.07 Å². The first kappa shape index (κ1) is 14.3. The molecular weight excluding hydrogens is 308 g/mol. The zero-order valence-corrected chi connectivity index (χ0v) is 11.1. The third kappa shape index (κ3) is 2.02. The van der Waals surface area contributed by atoms with Crippen molar-refractivity contribution in [3.8, 4) is 11.1 Å². The molecule has 0 saturated carbocycles. The summed E-state index contributed by atoms with van der Waals surface area (Å²) < 4.78 is 0. The molecule has 9 nitrogen and oxygen atoms in total. The van der Waals surface area contributed by atoms with Crippen LogP contribution in [0.2, 0.25) is 0 Å². The number of aromatic carboxylic acids is 1. The van der Waals surface area contributed by atoms with E-state index in [0.717, 1.165) is 24.3 Å². The van der Waals surface area contributed by atoms with Gasteiger partial charge >= 0.3 is 0 Å². The Morgan fingerprint density at radius 2 is 1.48 bits per heavy atom. The second-order valence-corrected chi connectivity index (χ2v) is 4.78. The van der Waals surface area contributed by atoms with Crippen molar-refractivity contribution in [2.75, 3.05) is 0 Å². The van der Waals surface area contributed by atoms with Crippen molar-refractivity contribution < 1.29 is 24.5 Å². The number of fused-ring (bicyclic) bond motifs is 3. The molecule has 9 heteroatoms. The van der Waals surface area contributed by atoms with Gasteiger partial charge in [0.15, 0.2) is 5.78 Å². The van der Waals surface area contributed by atoms with E-state index < -0.39 is 32.9 Å². The Balaban J connectivity index is 2.34. The second kappa shape index (κ2) is 4.70. The summed E-state index contributed by atoms with van der Waals surface area (Å²) >= 11 is 0. The van der Waals surface area contributed by atoms with Gasteiger partial charge in [-0.15, -0.1) is 0 Å². The molecule has 0 radical (unpaired) electrons. The average Bonchev–Trinajstić information content (AvgIpc) is 2.79. The summed E-state index contributed by atoms with van der Waals surface area (Å²) in [6.07, 6.45) is 0. The number of carbonyl (C=O) groups excluding carboxylic acids is 2. The van der Waals surface area contributed by atoms with Gasteiger partial charge in [0, 0.05) is 46.5 Å². The molecule has 114 valence electrons. The molecule has 2 aromatic carbocycles. The molecule has 0 heterocycles. The lowest BCUT2D eigenvalue weighted by atomic mass is 9.98. The van der Waals surface area contributed by atoms with Crippen molar-refractivity contribution in [3.63, 3.8) is 0 Å². The summed E-state index contributed by atoms with van der Waals surface area (Å²) in [6.45, 7) is 0. The minimum atomic E-state index is -1.68. The number of carboxylic acid groups (broad SMARTS) is 1. The van der Waals surface area contributed by atoms with Gasteiger partial charge in [-0.1, -0.05) is 0 Å². The molecule has 1 aliphatic carbocycles. The van der Waals surface area contributed by atoms with Crippen LogP contribution >= 0.6 is 0 Å². The van der Waals surface area contributed by atoms with Crippen LogP contribution in [-0.2, 0) is 0 Å². The molecule has 2 aromatic rings. The largest absolute Gasteiger partial charge is 0.545 e. The standard InChI is InChI=1S/C14H6N2O7/c17-13-9-3-6(15(20)21)1-2-8(9)12-10(13)4-7(16(22)23)5-11(12)14(18)19/h1-5H,(H,18,19)/p-1. The number of rotatable bonds is 3. The zero-order valence-electron chi connectivity index (χ0n) is 11.1. The van der Waals surface area contributed by atoms with Crippen molar-refractivity contribution >= 4 is 23.1 Å². The maximum absolute atomic E-state index is 12.4. The highest BCUT2D eigenvalue weighted by Gasteiger charge is 2.33. The van der Waals surface area contributed by atoms with Crippen LogP contribution in [0.15, 0.2) is 30.3 Å². The Hall–Kier alpha value is -3.62. The first-order valence-electron chi connectivity index (χ1n) is 6.18. The number of carbonyl (C=O) groups is 2. The Bertz CT molecular complexity index is 933. The molecule has 0 amide bonds. The highest BCUT2D eigenvalue weighted by atomic mass is 16.6. The van der Waals surface area contributed by atoms with E-state index in [4.69, 9.17) is 0 Å². The highest BCUT2D eigenvalue weighted by Crippen LogP contribution is 2.42. The number of nitrogens with zero attached hydrogens (tertiary/aromatic N) is 2. The summed E-state index contributed by atoms with van der Waals surface area (Å²) in [5, 5.41) is 33.0. The molecule has 0 aromatic heterocycles. The summed E-state index contributed by atoms with van der Waals surface area (Å²) in [7, 11) is 0. The lowest BCUT2D eigenvalue weighted by molar-refractivity contribution is -0.385. The smallest absolute Gasteiger partial charge is 0.270 e. The Kier molecular flexibility index (Phi) is 2.93. The van der Waals surface area contributed by atoms with E-state index in [1.54, 1.807) is 0 Å². The van der Waals surface area contributed by atoms with Crippen LogP contribution < -0.4 is 5.11 Å². The zero-order chi connectivity index (χ0) is 16.9. The second-order valence-electron chi connectivity index (χ2n) is 4.78. The number of hydrogen-bond acceptors (Lipinski definition) is 7. The fourth-order valence-electron chi connectivity index (χ4n) is 2.56. The fraction of sp³-hybridized carbons (Fsp3) is 0. The van der Waals surface area contributed by atoms with Crippen LogP contribution in [0.25, 0.3) is 11.1 Å². The average molecular weight is 313 g/mol. The lowest BCUT2D eigenvalue weighted by Gasteiger charge is -2.09. The van der Waals surface area contributed by atoms with E-state index >= 15 is 0 Å². The number of nitro groups is 2. The molecule has 0 saturated heterocycles. The molecule has 1 aliphatic rings. The van der Waals surface area contributed by atoms with Crippen LogP contribution in [0.1, 0.15) is 26.3 Å². The van der Waals surface area contributed by atoms with Crippen LogP contribution in [0.4, 0.5) is 11.4 Å². The molecular formula is C14H5N2O7-. The van der Waals surface area contributed by atoms with Crippen molar-refractivity contribution in [2.45, 2.75) is 0 Å². The van der Waals surface area contributed by atoms with Gasteiger partial charge in [0.25, 0.3) is 11.4 Å². The maximum atomic E-state index is 12.4. The van der Waals surface area contributed by atoms with Crippen LogP contribution in [0.3, 0.4) is 0 Å². The van der Waals surface area contributed by atoms with Gasteiger partial charge in [-0.25, -0.2) is 0 Å². The minimum absolute atomic E-state index is 0.0227. The van der Waals surface area contributed by atoms with Gasteiger partial charge in [-0.05, 0) is 11.6 Å². The van der Waals surface area contributed by atoms with Gasteiger partial charge in [-0.3, -0.25) is 25.0 Å². The number of carboxylic acids is 1. The summed E-state index contributed by atoms with van der Waals surface area (Å²) in [4.78, 5) is 43.8. The number of ketones is 1. The van der Waals surface area contributed by atoms with Crippen molar-refractivity contribution in [3.05, 3.63) is 67.3 Å². The van der Waals surface area contributed by atoms with E-state index in [1.807, 2.05) is 0 Å². The van der Waals surface area contributed by atoms with Crippen molar-refractivity contribution in [2.24, 2.45) is 0 Å². The normalized spacial score (nSPS) is 11.7. The van der Waals surface area contributed by atoms with Gasteiger partial charge in [0.2, 0.25) is 0 Å². The maximum Gasteiger partial charge on any atom is 0.270 e. The number of hydrogen-bond donors (Lipinski definition) is 0. The molecule has 0 aliphatic heterocycles. The first-order valence-corrected chi connectivity index (χ1v) is 6.18. The summed E-state index contributed by atoms with van der Waals surface area (Å²) in [5.41, 5.74) is -1.52. The molecule has 0 spiro atoms. The number of nitro benzene ring substituents is 2. The SMILES string of the molecule is O=C([O-])c1cc([N+](=O)[O-])cc2c1-c1ccc([N+](=O)[O-])cc1C2=O. The predicted molar refractivity (Wildman–Crippen MR) is 72.9 cm³/mol. The number of non-ortho nitro benzene ring substituents is 2. The third-order valence-electron chi connectivity index (χ3n) is 3.53. The third-order valence-corrected chi connectivity index (χ3v) is 3.53. The summed E-state index contributed by atoms with van der Waals surface area (Å²) in [6, 6.07) is 5.15. The molecule has 0 atom stereocenters. The lowest BCUT2D eigenvalue weighted by Crippen LogP contribution is -2.23. The van der Waals surface area contributed by atoms with Gasteiger partial charge < -0.3 is 9.90 Å². The molecule has 0 unspecified atom stereocenters. The van der Waals surface area contributed by atoms with E-state index in [9.17, 15) is 34.9 Å². The molecule has 3 rings (SSSR count). The van der Waals surface area contributed by atoms with E-state index in [0.29, 0.717) is 0 Å². The van der Waals surface area contributed by atoms with Gasteiger partial charge in [-0.2, -0.15) is 0 Å². The Morgan fingerprint density at radius 1 is 0.870 bits per heavy atom. The Labute approximate surface area is 127 Å². The minimum Gasteiger partial charge on any atom is -0.545 e. The molecule has 0 fully saturated rings. The van der Waals surface area contributed by atoms with Crippen LogP contribution in [0.5, 0.6) is 0 Å². The molecule has 0 bridgehead atoms. The molecule has 0 N–H and O–H groups in total. The topological polar surface area (TPSA) is 143 Å². The van der Waals surface area contributed by atoms with Crippen molar-refractivity contribution in [1.29, 1.82) is 0 Å². The monoisotopic (exact) mass is 313 g/mol. The first-order chi connectivity index (χ1) is 10.8. The van der Waals surface area contributed by atoms with E-state index in [2.05, 4.69) is 0 Å². The van der Waals surface area contributed by atoms with Crippen LogP contribution in [0, 0.1) is 20.2 Å². The quantitative estimate of drug-likeness (QED) is 0.519. The van der Waals surface area contributed by atoms with Crippen molar-refractivity contribution in [1.82, 2.24) is 0 Å². The van der Waals surface area contributed by atoms with Crippen LogP contribution in [-0.4, -0.2) is 21.6 Å². The molecule has 23 heavy (non-hydrogen) atoms. The van der Waals surface area contributed by atoms with Gasteiger partial charge in [0.1, 0.15) is 0 Å². The fourth-order valence-corrected chi connectivity index (χ4v) is 2.56. The Morgan fingerprint density at radius 3 is 2.04 bits per heavy atom. The summed E-state index contributed by atoms with van der Waals surface area (Å²) in [5.74, 6) is -2.38. The number of benzene rings is 2. The van der Waals surface area contributed by atoms with E-state index in [-0.39, 0.29) is 27.9 Å². The highest BCUT2D eigenvalue weighted by molar-refractivity contribution is 6.24. The van der Waals surface area contributed by atoms with Gasteiger partial charge in [0.05, 0.1) is 15.8 Å². The predicted octanol–water partition coefficient (Wildman–Crippen LogP) is 1.08.